The van der Waals surface area contributed by atoms with Gasteiger partial charge in [-0.2, -0.15) is 8.78 Å². The molecule has 0 amide bonds. The minimum Gasteiger partial charge on any atom is -0.298 e. The van der Waals surface area contributed by atoms with Gasteiger partial charge >= 0.3 is 5.92 Å². The lowest BCUT2D eigenvalue weighted by Crippen LogP contribution is -2.15. The normalized spacial score (nSPS) is 11.3. The number of hydrogen-bond donors (Lipinski definition) is 0. The number of rotatable bonds is 3. The smallest absolute Gasteiger partial charge is 0.298 e. The van der Waals surface area contributed by atoms with E-state index in [9.17, 15) is 18.0 Å². The molecule has 0 heterocycles. The average molecular weight is 188 g/mol. The maximum Gasteiger partial charge on any atom is 0.301 e. The third-order valence-corrected chi connectivity index (χ3v) is 1.61. The molecule has 1 rings (SSSR count). The molecule has 0 saturated heterocycles. The van der Waals surface area contributed by atoms with E-state index < -0.39 is 18.2 Å². The van der Waals surface area contributed by atoms with Crippen LogP contribution in [-0.2, 0) is 5.92 Å². The molecule has 1 nitrogen and oxygen atoms in total. The molecule has 1 aromatic carbocycles. The van der Waals surface area contributed by atoms with Crippen molar-refractivity contribution in [2.45, 2.75) is 5.92 Å². The number of aldehydes is 1. The summed E-state index contributed by atoms with van der Waals surface area (Å²) in [4.78, 5) is 10.2. The second-order valence-electron chi connectivity index (χ2n) is 2.58. The molecule has 0 N–H and O–H groups in total. The molecule has 0 unspecified atom stereocenters. The number of halogens is 3. The Kier molecular flexibility index (Phi) is 2.70. The summed E-state index contributed by atoms with van der Waals surface area (Å²) in [6.07, 6.45) is 0.442. The SMILES string of the molecule is O=Cc1cccc(C(F)(F)CF)c1. The van der Waals surface area contributed by atoms with Gasteiger partial charge in [0.1, 0.15) is 6.29 Å². The molecule has 0 fully saturated rings. The number of carbonyl (C=O) groups excluding carboxylic acids is 1. The Morgan fingerprint density at radius 1 is 1.38 bits per heavy atom. The molecule has 0 aliphatic rings. The van der Waals surface area contributed by atoms with Crippen LogP contribution in [0.1, 0.15) is 15.9 Å². The number of alkyl halides is 3. The molecule has 0 aliphatic heterocycles. The van der Waals surface area contributed by atoms with Crippen LogP contribution in [0.3, 0.4) is 0 Å². The second-order valence-corrected chi connectivity index (χ2v) is 2.58. The molecular formula is C9H7F3O. The van der Waals surface area contributed by atoms with E-state index in [-0.39, 0.29) is 5.56 Å². The van der Waals surface area contributed by atoms with Gasteiger partial charge in [-0.15, -0.1) is 0 Å². The zero-order valence-corrected chi connectivity index (χ0v) is 6.64. The summed E-state index contributed by atoms with van der Waals surface area (Å²) < 4.78 is 37.3. The Hall–Kier alpha value is -1.32. The molecule has 0 atom stereocenters. The number of carbonyl (C=O) groups is 1. The van der Waals surface area contributed by atoms with Crippen molar-refractivity contribution in [1.82, 2.24) is 0 Å². The van der Waals surface area contributed by atoms with Crippen molar-refractivity contribution in [2.24, 2.45) is 0 Å². The predicted octanol–water partition coefficient (Wildman–Crippen LogP) is 2.56. The Balaban J connectivity index is 3.08. The molecule has 0 aromatic heterocycles. The lowest BCUT2D eigenvalue weighted by Gasteiger charge is -2.12. The summed E-state index contributed by atoms with van der Waals surface area (Å²) in [6.45, 7) is -1.75. The van der Waals surface area contributed by atoms with Crippen molar-refractivity contribution in [3.63, 3.8) is 0 Å². The van der Waals surface area contributed by atoms with Gasteiger partial charge in [0.2, 0.25) is 0 Å². The van der Waals surface area contributed by atoms with E-state index in [4.69, 9.17) is 0 Å². The van der Waals surface area contributed by atoms with Crippen LogP contribution in [0.25, 0.3) is 0 Å². The first-order valence-electron chi connectivity index (χ1n) is 3.59. The lowest BCUT2D eigenvalue weighted by atomic mass is 10.1. The maximum atomic E-state index is 12.7. The molecule has 0 saturated carbocycles. The molecular weight excluding hydrogens is 181 g/mol. The van der Waals surface area contributed by atoms with Gasteiger partial charge in [0, 0.05) is 11.1 Å². The van der Waals surface area contributed by atoms with Crippen molar-refractivity contribution < 1.29 is 18.0 Å². The highest BCUT2D eigenvalue weighted by molar-refractivity contribution is 5.75. The topological polar surface area (TPSA) is 17.1 Å². The fourth-order valence-corrected chi connectivity index (χ4v) is 0.917. The van der Waals surface area contributed by atoms with Gasteiger partial charge in [0.25, 0.3) is 0 Å². The summed E-state index contributed by atoms with van der Waals surface area (Å²) in [5.74, 6) is -3.50. The van der Waals surface area contributed by atoms with Crippen molar-refractivity contribution in [3.8, 4) is 0 Å². The van der Waals surface area contributed by atoms with Crippen LogP contribution in [0.5, 0.6) is 0 Å². The highest BCUT2D eigenvalue weighted by Gasteiger charge is 2.31. The molecule has 0 radical (unpaired) electrons. The molecule has 4 heteroatoms. The van der Waals surface area contributed by atoms with E-state index in [0.29, 0.717) is 6.29 Å². The van der Waals surface area contributed by atoms with E-state index in [1.165, 1.54) is 12.1 Å². The first-order valence-corrected chi connectivity index (χ1v) is 3.59. The van der Waals surface area contributed by atoms with Gasteiger partial charge in [0.15, 0.2) is 6.67 Å². The highest BCUT2D eigenvalue weighted by Crippen LogP contribution is 2.28. The monoisotopic (exact) mass is 188 g/mol. The van der Waals surface area contributed by atoms with Gasteiger partial charge in [-0.25, -0.2) is 4.39 Å². The summed E-state index contributed by atoms with van der Waals surface area (Å²) in [5, 5.41) is 0. The second kappa shape index (κ2) is 3.60. The molecule has 70 valence electrons. The Bertz CT molecular complexity index is 309. The predicted molar refractivity (Wildman–Crippen MR) is 41.7 cm³/mol. The third-order valence-electron chi connectivity index (χ3n) is 1.61. The van der Waals surface area contributed by atoms with Crippen LogP contribution < -0.4 is 0 Å². The van der Waals surface area contributed by atoms with Gasteiger partial charge in [0.05, 0.1) is 0 Å². The average Bonchev–Trinajstić information content (AvgIpc) is 2.18. The van der Waals surface area contributed by atoms with Crippen molar-refractivity contribution in [2.75, 3.05) is 6.67 Å². The summed E-state index contributed by atoms with van der Waals surface area (Å²) >= 11 is 0. The molecule has 0 spiro atoms. The Morgan fingerprint density at radius 2 is 2.08 bits per heavy atom. The molecule has 0 bridgehead atoms. The van der Waals surface area contributed by atoms with E-state index >= 15 is 0 Å². The van der Waals surface area contributed by atoms with E-state index in [0.717, 1.165) is 12.1 Å². The fourth-order valence-electron chi connectivity index (χ4n) is 0.917. The first-order chi connectivity index (χ1) is 6.10. The highest BCUT2D eigenvalue weighted by atomic mass is 19.3. The number of hydrogen-bond acceptors (Lipinski definition) is 1. The Labute approximate surface area is 73.2 Å². The first kappa shape index (κ1) is 9.77. The summed E-state index contributed by atoms with van der Waals surface area (Å²) in [5.41, 5.74) is -0.356. The zero-order valence-electron chi connectivity index (χ0n) is 6.64. The van der Waals surface area contributed by atoms with Crippen LogP contribution in [0, 0.1) is 0 Å². The van der Waals surface area contributed by atoms with Crippen LogP contribution in [0.4, 0.5) is 13.2 Å². The quantitative estimate of drug-likeness (QED) is 0.666. The van der Waals surface area contributed by atoms with Crippen LogP contribution in [-0.4, -0.2) is 13.0 Å². The van der Waals surface area contributed by atoms with Crippen molar-refractivity contribution in [1.29, 1.82) is 0 Å². The van der Waals surface area contributed by atoms with Crippen LogP contribution in [0.15, 0.2) is 24.3 Å². The lowest BCUT2D eigenvalue weighted by molar-refractivity contribution is -0.0281. The molecule has 0 aliphatic carbocycles. The Morgan fingerprint density at radius 3 is 2.62 bits per heavy atom. The van der Waals surface area contributed by atoms with E-state index in [1.54, 1.807) is 0 Å². The summed E-state index contributed by atoms with van der Waals surface area (Å²) in [6, 6.07) is 4.74. The standard InChI is InChI=1S/C9H7F3O/c10-6-9(11,12)8-3-1-2-7(4-8)5-13/h1-5H,6H2. The largest absolute Gasteiger partial charge is 0.301 e. The van der Waals surface area contributed by atoms with Gasteiger partial charge in [-0.05, 0) is 6.07 Å². The maximum absolute atomic E-state index is 12.7. The zero-order chi connectivity index (χ0) is 9.90. The van der Waals surface area contributed by atoms with Crippen molar-refractivity contribution >= 4 is 6.29 Å². The van der Waals surface area contributed by atoms with E-state index in [1.807, 2.05) is 0 Å². The molecule has 1 aromatic rings. The minimum absolute atomic E-state index is 0.116. The van der Waals surface area contributed by atoms with Crippen LogP contribution in [0.2, 0.25) is 0 Å². The van der Waals surface area contributed by atoms with E-state index in [2.05, 4.69) is 0 Å². The molecule has 13 heavy (non-hydrogen) atoms. The van der Waals surface area contributed by atoms with Crippen LogP contribution >= 0.6 is 0 Å². The van der Waals surface area contributed by atoms with Gasteiger partial charge in [-0.3, -0.25) is 4.79 Å². The van der Waals surface area contributed by atoms with Gasteiger partial charge in [-0.1, -0.05) is 18.2 Å². The number of benzene rings is 1. The summed E-state index contributed by atoms with van der Waals surface area (Å²) in [7, 11) is 0. The van der Waals surface area contributed by atoms with Gasteiger partial charge < -0.3 is 0 Å². The third kappa shape index (κ3) is 2.08. The minimum atomic E-state index is -3.50. The van der Waals surface area contributed by atoms with Crippen molar-refractivity contribution in [3.05, 3.63) is 35.4 Å². The fraction of sp³-hybridized carbons (Fsp3) is 0.222.